The van der Waals surface area contributed by atoms with E-state index >= 15 is 0 Å². The maximum atomic E-state index is 14.7. The van der Waals surface area contributed by atoms with E-state index < -0.39 is 8.07 Å². The standard InChI is InChI=1S/C38H35NOSi/c1-5-17-32-34-31-24-15-16-25-33(31)41(38(2,3)4,27-26-28-18-9-6-10-19-28)36(34)35(29-20-11-7-12-21-29)39(37(32)40)30-22-13-8-14-23-30/h6-16,18-25H,5,17H2,1-4H3/t41-/m0/s1. The van der Waals surface area contributed by atoms with Crippen molar-refractivity contribution in [3.8, 4) is 39.5 Å². The molecule has 41 heavy (non-hydrogen) atoms. The number of aromatic nitrogens is 1. The quantitative estimate of drug-likeness (QED) is 0.169. The molecule has 0 saturated heterocycles. The van der Waals surface area contributed by atoms with Crippen molar-refractivity contribution in [3.63, 3.8) is 0 Å². The summed E-state index contributed by atoms with van der Waals surface area (Å²) < 4.78 is 1.99. The lowest BCUT2D eigenvalue weighted by Crippen LogP contribution is -2.62. The Balaban J connectivity index is 1.88. The Morgan fingerprint density at radius 3 is 1.98 bits per heavy atom. The van der Waals surface area contributed by atoms with Crippen LogP contribution in [0.2, 0.25) is 5.04 Å². The maximum absolute atomic E-state index is 14.7. The second-order valence-corrected chi connectivity index (χ2v) is 16.1. The van der Waals surface area contributed by atoms with Gasteiger partial charge in [-0.3, -0.25) is 9.36 Å². The minimum absolute atomic E-state index is 0.0696. The van der Waals surface area contributed by atoms with Crippen LogP contribution in [0, 0.1) is 11.5 Å². The Hall–Kier alpha value is -4.39. The molecule has 1 aliphatic heterocycles. The Morgan fingerprint density at radius 1 is 0.756 bits per heavy atom. The molecular weight excluding hydrogens is 515 g/mol. The number of para-hydroxylation sites is 1. The Labute approximate surface area is 244 Å². The van der Waals surface area contributed by atoms with Crippen LogP contribution in [0.3, 0.4) is 0 Å². The molecule has 0 saturated carbocycles. The third-order valence-electron chi connectivity index (χ3n) is 8.30. The number of hydrogen-bond donors (Lipinski definition) is 0. The van der Waals surface area contributed by atoms with Gasteiger partial charge in [-0.05, 0) is 62.8 Å². The van der Waals surface area contributed by atoms with Crippen LogP contribution in [-0.2, 0) is 6.42 Å². The van der Waals surface area contributed by atoms with Gasteiger partial charge in [-0.15, -0.1) is 5.54 Å². The molecule has 0 radical (unpaired) electrons. The highest BCUT2D eigenvalue weighted by atomic mass is 28.3. The molecule has 1 atom stereocenters. The molecule has 4 aromatic carbocycles. The SMILES string of the molecule is CCCc1c2c(c(-c3ccccc3)n(-c3ccccc3)c1=O)[Si@@](C#Cc1ccccc1)(C(C)(C)C)c1ccccc1-2. The molecule has 6 rings (SSSR count). The zero-order valence-electron chi connectivity index (χ0n) is 24.2. The van der Waals surface area contributed by atoms with Gasteiger partial charge in [-0.25, -0.2) is 0 Å². The number of nitrogens with zero attached hydrogens (tertiary/aromatic N) is 1. The predicted octanol–water partition coefficient (Wildman–Crippen LogP) is 7.39. The third kappa shape index (κ3) is 4.31. The van der Waals surface area contributed by atoms with Crippen LogP contribution in [0.5, 0.6) is 0 Å². The van der Waals surface area contributed by atoms with Crippen LogP contribution in [0.15, 0.2) is 120 Å². The zero-order valence-corrected chi connectivity index (χ0v) is 25.2. The molecule has 5 aromatic rings. The van der Waals surface area contributed by atoms with Crippen LogP contribution < -0.4 is 15.9 Å². The van der Waals surface area contributed by atoms with E-state index in [0.717, 1.165) is 46.5 Å². The van der Waals surface area contributed by atoms with Crippen LogP contribution >= 0.6 is 0 Å². The average molecular weight is 550 g/mol. The maximum Gasteiger partial charge on any atom is 0.259 e. The van der Waals surface area contributed by atoms with Gasteiger partial charge >= 0.3 is 0 Å². The van der Waals surface area contributed by atoms with E-state index in [2.05, 4.69) is 99.8 Å². The molecule has 0 spiro atoms. The van der Waals surface area contributed by atoms with Crippen LogP contribution in [0.4, 0.5) is 0 Å². The van der Waals surface area contributed by atoms with Crippen molar-refractivity contribution >= 4 is 18.4 Å². The van der Waals surface area contributed by atoms with Gasteiger partial charge in [0, 0.05) is 16.8 Å². The summed E-state index contributed by atoms with van der Waals surface area (Å²) in [5.41, 5.74) is 11.2. The molecular formula is C38H35NOSi. The Morgan fingerprint density at radius 2 is 1.34 bits per heavy atom. The molecule has 0 aliphatic carbocycles. The molecule has 3 heteroatoms. The summed E-state index contributed by atoms with van der Waals surface area (Å²) in [6, 6.07) is 39.7. The Kier molecular flexibility index (Phi) is 6.89. The van der Waals surface area contributed by atoms with E-state index in [0.29, 0.717) is 0 Å². The van der Waals surface area contributed by atoms with E-state index in [1.807, 2.05) is 59.2 Å². The minimum Gasteiger partial charge on any atom is -0.277 e. The van der Waals surface area contributed by atoms with E-state index in [-0.39, 0.29) is 10.6 Å². The van der Waals surface area contributed by atoms with Gasteiger partial charge in [-0.2, -0.15) is 0 Å². The Bertz CT molecular complexity index is 1840. The summed E-state index contributed by atoms with van der Waals surface area (Å²) in [6.07, 6.45) is 1.61. The van der Waals surface area contributed by atoms with E-state index in [4.69, 9.17) is 0 Å². The van der Waals surface area contributed by atoms with Gasteiger partial charge < -0.3 is 0 Å². The molecule has 2 heterocycles. The van der Waals surface area contributed by atoms with Crippen molar-refractivity contribution < 1.29 is 0 Å². The van der Waals surface area contributed by atoms with Crippen molar-refractivity contribution in [2.45, 2.75) is 45.6 Å². The van der Waals surface area contributed by atoms with E-state index in [1.165, 1.54) is 15.9 Å². The van der Waals surface area contributed by atoms with Crippen molar-refractivity contribution in [3.05, 3.63) is 137 Å². The second kappa shape index (κ2) is 10.5. The molecule has 1 aromatic heterocycles. The largest absolute Gasteiger partial charge is 0.277 e. The number of pyridine rings is 1. The number of hydrogen-bond acceptors (Lipinski definition) is 1. The summed E-state index contributed by atoms with van der Waals surface area (Å²) in [5.74, 6) is 3.64. The fourth-order valence-corrected chi connectivity index (χ4v) is 11.5. The topological polar surface area (TPSA) is 22.0 Å². The van der Waals surface area contributed by atoms with Crippen molar-refractivity contribution in [2.75, 3.05) is 0 Å². The molecule has 0 bridgehead atoms. The van der Waals surface area contributed by atoms with Crippen LogP contribution in [0.1, 0.15) is 45.2 Å². The molecule has 1 aliphatic rings. The van der Waals surface area contributed by atoms with Crippen LogP contribution in [-0.4, -0.2) is 12.6 Å². The summed E-state index contributed by atoms with van der Waals surface area (Å²) in [6.45, 7) is 9.19. The smallest absolute Gasteiger partial charge is 0.259 e. The van der Waals surface area contributed by atoms with Crippen molar-refractivity contribution in [1.82, 2.24) is 4.57 Å². The normalized spacial score (nSPS) is 15.5. The van der Waals surface area contributed by atoms with Gasteiger partial charge in [0.1, 0.15) is 0 Å². The van der Waals surface area contributed by atoms with Crippen molar-refractivity contribution in [2.24, 2.45) is 0 Å². The van der Waals surface area contributed by atoms with Crippen molar-refractivity contribution in [1.29, 1.82) is 0 Å². The molecule has 0 N–H and O–H groups in total. The highest BCUT2D eigenvalue weighted by Crippen LogP contribution is 2.45. The highest BCUT2D eigenvalue weighted by molar-refractivity contribution is 7.13. The second-order valence-electron chi connectivity index (χ2n) is 11.8. The average Bonchev–Trinajstić information content (AvgIpc) is 3.30. The predicted molar refractivity (Wildman–Crippen MR) is 175 cm³/mol. The lowest BCUT2D eigenvalue weighted by atomic mass is 9.95. The van der Waals surface area contributed by atoms with Gasteiger partial charge in [0.25, 0.3) is 5.56 Å². The lowest BCUT2D eigenvalue weighted by Gasteiger charge is -2.39. The van der Waals surface area contributed by atoms with Gasteiger partial charge in [0.15, 0.2) is 0 Å². The van der Waals surface area contributed by atoms with Crippen LogP contribution in [0.25, 0.3) is 28.1 Å². The first-order chi connectivity index (χ1) is 19.9. The fraction of sp³-hybridized carbons (Fsp3) is 0.184. The summed E-state index contributed by atoms with van der Waals surface area (Å²) >= 11 is 0. The van der Waals surface area contributed by atoms with E-state index in [1.54, 1.807) is 0 Å². The first kappa shape index (κ1) is 26.8. The number of rotatable bonds is 4. The molecule has 2 nitrogen and oxygen atoms in total. The molecule has 0 unspecified atom stereocenters. The monoisotopic (exact) mass is 549 g/mol. The first-order valence-corrected chi connectivity index (χ1v) is 16.5. The lowest BCUT2D eigenvalue weighted by molar-refractivity contribution is 0.741. The minimum atomic E-state index is -2.85. The summed E-state index contributed by atoms with van der Waals surface area (Å²) in [5, 5.41) is 2.42. The number of fused-ring (bicyclic) bond motifs is 3. The molecule has 0 fully saturated rings. The molecule has 202 valence electrons. The highest BCUT2D eigenvalue weighted by Gasteiger charge is 2.56. The zero-order chi connectivity index (χ0) is 28.6. The van der Waals surface area contributed by atoms with Gasteiger partial charge in [-0.1, -0.05) is 131 Å². The first-order valence-electron chi connectivity index (χ1n) is 14.5. The fourth-order valence-electron chi connectivity index (χ4n) is 6.51. The summed E-state index contributed by atoms with van der Waals surface area (Å²) in [4.78, 5) is 14.7. The third-order valence-corrected chi connectivity index (χ3v) is 13.5. The van der Waals surface area contributed by atoms with E-state index in [9.17, 15) is 4.79 Å². The summed E-state index contributed by atoms with van der Waals surface area (Å²) in [7, 11) is -2.85. The molecule has 0 amide bonds. The van der Waals surface area contributed by atoms with Gasteiger partial charge in [0.2, 0.25) is 8.07 Å². The van der Waals surface area contributed by atoms with Gasteiger partial charge in [0.05, 0.1) is 5.69 Å². The number of benzene rings is 4.